The molecule has 1 aromatic heterocycles. The highest BCUT2D eigenvalue weighted by Crippen LogP contribution is 2.29. The largest absolute Gasteiger partial charge is 0.435 e. The van der Waals surface area contributed by atoms with E-state index in [1.165, 1.54) is 22.2 Å². The summed E-state index contributed by atoms with van der Waals surface area (Å²) in [4.78, 5) is 4.12. The van der Waals surface area contributed by atoms with Crippen LogP contribution in [-0.2, 0) is 12.7 Å². The molecule has 3 rings (SSSR count). The number of halogens is 3. The number of alkyl halides is 3. The van der Waals surface area contributed by atoms with E-state index in [2.05, 4.69) is 10.1 Å². The standard InChI is InChI=1S/C12H10F3N5/c13-12(14,15)11-3-4-20(18-11)9-1-2-10-8(5-9)6-19(16)7-17-10/h1-5,7H,6,16H2. The molecule has 20 heavy (non-hydrogen) atoms. The SMILES string of the molecule is NN1C=Nc2ccc(-n3ccc(C(F)(F)F)n3)cc2C1. The number of benzene rings is 1. The first-order chi connectivity index (χ1) is 9.43. The van der Waals surface area contributed by atoms with E-state index in [1.807, 2.05) is 0 Å². The van der Waals surface area contributed by atoms with Gasteiger partial charge in [0.1, 0.15) is 6.34 Å². The Morgan fingerprint density at radius 1 is 1.20 bits per heavy atom. The Kier molecular flexibility index (Phi) is 2.75. The van der Waals surface area contributed by atoms with E-state index in [0.29, 0.717) is 12.2 Å². The second-order valence-corrected chi connectivity index (χ2v) is 4.37. The molecular weight excluding hydrogens is 271 g/mol. The summed E-state index contributed by atoms with van der Waals surface area (Å²) in [6.07, 6.45) is -1.67. The highest BCUT2D eigenvalue weighted by molar-refractivity contribution is 5.67. The van der Waals surface area contributed by atoms with Crippen molar-refractivity contribution in [3.63, 3.8) is 0 Å². The van der Waals surface area contributed by atoms with Crippen LogP contribution in [0.1, 0.15) is 11.3 Å². The Bertz CT molecular complexity index is 674. The van der Waals surface area contributed by atoms with Crippen LogP contribution in [0.3, 0.4) is 0 Å². The zero-order valence-electron chi connectivity index (χ0n) is 10.2. The molecule has 0 saturated carbocycles. The number of hydrazine groups is 1. The van der Waals surface area contributed by atoms with Gasteiger partial charge in [0.2, 0.25) is 0 Å². The summed E-state index contributed by atoms with van der Waals surface area (Å²) >= 11 is 0. The Labute approximate surface area is 112 Å². The Morgan fingerprint density at radius 3 is 2.70 bits per heavy atom. The van der Waals surface area contributed by atoms with Crippen molar-refractivity contribution in [1.29, 1.82) is 0 Å². The van der Waals surface area contributed by atoms with Gasteiger partial charge in [0, 0.05) is 11.8 Å². The maximum absolute atomic E-state index is 12.5. The van der Waals surface area contributed by atoms with E-state index < -0.39 is 11.9 Å². The molecule has 5 nitrogen and oxygen atoms in total. The van der Waals surface area contributed by atoms with Crippen molar-refractivity contribution >= 4 is 12.0 Å². The number of hydrogen-bond acceptors (Lipinski definition) is 4. The second kappa shape index (κ2) is 4.34. The minimum absolute atomic E-state index is 0.445. The molecule has 0 fully saturated rings. The fourth-order valence-corrected chi connectivity index (χ4v) is 1.96. The maximum Gasteiger partial charge on any atom is 0.435 e. The minimum Gasteiger partial charge on any atom is -0.296 e. The summed E-state index contributed by atoms with van der Waals surface area (Å²) in [5.74, 6) is 5.61. The molecule has 2 heterocycles. The fraction of sp³-hybridized carbons (Fsp3) is 0.167. The zero-order valence-corrected chi connectivity index (χ0v) is 10.2. The van der Waals surface area contributed by atoms with Crippen LogP contribution in [0, 0.1) is 0 Å². The van der Waals surface area contributed by atoms with Gasteiger partial charge in [0.15, 0.2) is 5.69 Å². The normalized spacial score (nSPS) is 14.5. The van der Waals surface area contributed by atoms with Crippen LogP contribution in [-0.4, -0.2) is 21.1 Å². The van der Waals surface area contributed by atoms with Crippen LogP contribution in [0.15, 0.2) is 35.5 Å². The van der Waals surface area contributed by atoms with Crippen LogP contribution in [0.5, 0.6) is 0 Å². The molecule has 1 aliphatic rings. The molecule has 0 atom stereocenters. The number of nitrogens with two attached hydrogens (primary N) is 1. The molecular formula is C12H10F3N5. The molecule has 8 heteroatoms. The summed E-state index contributed by atoms with van der Waals surface area (Å²) in [6.45, 7) is 0.445. The van der Waals surface area contributed by atoms with Gasteiger partial charge >= 0.3 is 6.18 Å². The van der Waals surface area contributed by atoms with Crippen molar-refractivity contribution in [2.75, 3.05) is 0 Å². The summed E-state index contributed by atoms with van der Waals surface area (Å²) in [6, 6.07) is 6.05. The molecule has 2 aromatic rings. The van der Waals surface area contributed by atoms with Gasteiger partial charge in [-0.05, 0) is 24.3 Å². The predicted octanol–water partition coefficient (Wildman–Crippen LogP) is 2.24. The molecule has 1 aliphatic heterocycles. The van der Waals surface area contributed by atoms with Gasteiger partial charge in [-0.25, -0.2) is 15.5 Å². The lowest BCUT2D eigenvalue weighted by Crippen LogP contribution is -2.30. The molecule has 0 radical (unpaired) electrons. The van der Waals surface area contributed by atoms with E-state index >= 15 is 0 Å². The van der Waals surface area contributed by atoms with Crippen molar-refractivity contribution in [1.82, 2.24) is 14.8 Å². The lowest BCUT2D eigenvalue weighted by atomic mass is 10.1. The van der Waals surface area contributed by atoms with E-state index in [4.69, 9.17) is 5.84 Å². The van der Waals surface area contributed by atoms with Gasteiger partial charge < -0.3 is 0 Å². The van der Waals surface area contributed by atoms with Crippen LogP contribution in [0.2, 0.25) is 0 Å². The third-order valence-corrected chi connectivity index (χ3v) is 2.91. The minimum atomic E-state index is -4.45. The van der Waals surface area contributed by atoms with E-state index in [-0.39, 0.29) is 0 Å². The first kappa shape index (κ1) is 12.7. The van der Waals surface area contributed by atoms with Crippen molar-refractivity contribution in [2.45, 2.75) is 12.7 Å². The van der Waals surface area contributed by atoms with Crippen LogP contribution in [0.4, 0.5) is 18.9 Å². The first-order valence-corrected chi connectivity index (χ1v) is 5.75. The van der Waals surface area contributed by atoms with Crippen molar-refractivity contribution < 1.29 is 13.2 Å². The van der Waals surface area contributed by atoms with Crippen LogP contribution >= 0.6 is 0 Å². The molecule has 0 saturated heterocycles. The molecule has 2 N–H and O–H groups in total. The summed E-state index contributed by atoms with van der Waals surface area (Å²) in [5.41, 5.74) is 1.19. The smallest absolute Gasteiger partial charge is 0.296 e. The number of nitrogens with zero attached hydrogens (tertiary/aromatic N) is 4. The molecule has 1 aromatic carbocycles. The highest BCUT2D eigenvalue weighted by atomic mass is 19.4. The zero-order chi connectivity index (χ0) is 14.3. The average Bonchev–Trinajstić information content (AvgIpc) is 2.87. The van der Waals surface area contributed by atoms with Gasteiger partial charge in [-0.15, -0.1) is 0 Å². The summed E-state index contributed by atoms with van der Waals surface area (Å²) < 4.78 is 38.8. The van der Waals surface area contributed by atoms with Gasteiger partial charge in [0.25, 0.3) is 0 Å². The second-order valence-electron chi connectivity index (χ2n) is 4.37. The topological polar surface area (TPSA) is 59.4 Å². The number of aromatic nitrogens is 2. The lowest BCUT2D eigenvalue weighted by molar-refractivity contribution is -0.141. The van der Waals surface area contributed by atoms with Crippen LogP contribution in [0.25, 0.3) is 5.69 Å². The number of aliphatic imine (C=N–C) groups is 1. The molecule has 0 bridgehead atoms. The molecule has 0 amide bonds. The average molecular weight is 281 g/mol. The number of hydrogen-bond donors (Lipinski definition) is 1. The third kappa shape index (κ3) is 2.25. The van der Waals surface area contributed by atoms with E-state index in [0.717, 1.165) is 17.3 Å². The van der Waals surface area contributed by atoms with E-state index in [1.54, 1.807) is 18.2 Å². The van der Waals surface area contributed by atoms with Gasteiger partial charge in [-0.3, -0.25) is 5.01 Å². The molecule has 0 aliphatic carbocycles. The van der Waals surface area contributed by atoms with E-state index in [9.17, 15) is 13.2 Å². The number of rotatable bonds is 1. The Balaban J connectivity index is 1.97. The summed E-state index contributed by atoms with van der Waals surface area (Å²) in [7, 11) is 0. The van der Waals surface area contributed by atoms with Gasteiger partial charge in [-0.2, -0.15) is 18.3 Å². The van der Waals surface area contributed by atoms with Crippen molar-refractivity contribution in [3.8, 4) is 5.69 Å². The first-order valence-electron chi connectivity index (χ1n) is 5.75. The number of fused-ring (bicyclic) bond motifs is 1. The highest BCUT2D eigenvalue weighted by Gasteiger charge is 2.33. The van der Waals surface area contributed by atoms with Crippen molar-refractivity contribution in [2.24, 2.45) is 10.8 Å². The van der Waals surface area contributed by atoms with Crippen molar-refractivity contribution in [3.05, 3.63) is 41.7 Å². The lowest BCUT2D eigenvalue weighted by Gasteiger charge is -2.19. The Hall–Kier alpha value is -2.35. The third-order valence-electron chi connectivity index (χ3n) is 2.91. The van der Waals surface area contributed by atoms with Gasteiger partial charge in [-0.1, -0.05) is 0 Å². The predicted molar refractivity (Wildman–Crippen MR) is 66.4 cm³/mol. The molecule has 0 unspecified atom stereocenters. The maximum atomic E-state index is 12.5. The Morgan fingerprint density at radius 2 is 2.00 bits per heavy atom. The van der Waals surface area contributed by atoms with Crippen LogP contribution < -0.4 is 5.84 Å². The molecule has 104 valence electrons. The fourth-order valence-electron chi connectivity index (χ4n) is 1.96. The van der Waals surface area contributed by atoms with Gasteiger partial charge in [0.05, 0.1) is 17.9 Å². The monoisotopic (exact) mass is 281 g/mol. The molecule has 0 spiro atoms. The quantitative estimate of drug-likeness (QED) is 0.815. The summed E-state index contributed by atoms with van der Waals surface area (Å²) in [5, 5.41) is 4.93.